The third kappa shape index (κ3) is 5.91. The monoisotopic (exact) mass is 532 g/mol. The van der Waals surface area contributed by atoms with Gasteiger partial charge in [0, 0.05) is 5.56 Å². The van der Waals surface area contributed by atoms with Gasteiger partial charge in [-0.05, 0) is 47.5 Å². The summed E-state index contributed by atoms with van der Waals surface area (Å²) in [7, 11) is 4.76. The highest BCUT2D eigenvalue weighted by molar-refractivity contribution is 7.90. The third-order valence-electron chi connectivity index (χ3n) is 5.64. The molecule has 0 aliphatic rings. The molecule has 0 atom stereocenters. The Morgan fingerprint density at radius 2 is 1.24 bits per heavy atom. The molecule has 3 rings (SSSR count). The van der Waals surface area contributed by atoms with Crippen LogP contribution in [0.1, 0.15) is 16.7 Å². The van der Waals surface area contributed by atoms with Gasteiger partial charge < -0.3 is 28.4 Å². The highest BCUT2D eigenvalue weighted by Crippen LogP contribution is 2.40. The van der Waals surface area contributed by atoms with Crippen molar-refractivity contribution in [2.75, 3.05) is 42.7 Å². The fourth-order valence-electron chi connectivity index (χ4n) is 3.81. The minimum atomic E-state index is -3.98. The molecule has 0 unspecified atom stereocenters. The minimum Gasteiger partial charge on any atom is -0.494 e. The summed E-state index contributed by atoms with van der Waals surface area (Å²) in [5, 5.41) is 0. The number of hydrogen-bond donors (Lipinski definition) is 0. The van der Waals surface area contributed by atoms with E-state index in [0.717, 1.165) is 11.6 Å². The first-order valence-electron chi connectivity index (χ1n) is 11.0. The molecule has 0 heterocycles. The van der Waals surface area contributed by atoms with Gasteiger partial charge in [0.2, 0.25) is 5.75 Å². The Labute approximate surface area is 216 Å². The van der Waals surface area contributed by atoms with E-state index in [9.17, 15) is 12.8 Å². The van der Waals surface area contributed by atoms with E-state index in [0.29, 0.717) is 34.1 Å². The molecule has 0 saturated heterocycles. The highest BCUT2D eigenvalue weighted by atomic mass is 32.2. The smallest absolute Gasteiger partial charge is 0.203 e. The molecular weight excluding hydrogens is 503 g/mol. The Bertz CT molecular complexity index is 1370. The van der Waals surface area contributed by atoms with E-state index >= 15 is 0 Å². The topological polar surface area (TPSA) is 89.5 Å². The second-order valence-electron chi connectivity index (χ2n) is 7.72. The van der Waals surface area contributed by atoms with Crippen molar-refractivity contribution in [1.29, 1.82) is 0 Å². The summed E-state index contributed by atoms with van der Waals surface area (Å²) in [4.78, 5) is -0.185. The molecule has 10 heteroatoms. The van der Waals surface area contributed by atoms with Crippen molar-refractivity contribution < 1.29 is 41.2 Å². The molecule has 0 bridgehead atoms. The van der Waals surface area contributed by atoms with E-state index in [4.69, 9.17) is 28.4 Å². The summed E-state index contributed by atoms with van der Waals surface area (Å²) in [6.45, 7) is 0. The van der Waals surface area contributed by atoms with Crippen LogP contribution in [0.15, 0.2) is 47.4 Å². The molecular formula is C27H29FO8S. The first-order valence-corrected chi connectivity index (χ1v) is 12.7. The predicted molar refractivity (Wildman–Crippen MR) is 138 cm³/mol. The normalized spacial score (nSPS) is 11.3. The van der Waals surface area contributed by atoms with Gasteiger partial charge in [-0.2, -0.15) is 0 Å². The molecule has 3 aromatic rings. The van der Waals surface area contributed by atoms with Crippen molar-refractivity contribution in [1.82, 2.24) is 0 Å². The Morgan fingerprint density at radius 3 is 1.76 bits per heavy atom. The van der Waals surface area contributed by atoms with Crippen molar-refractivity contribution >= 4 is 22.0 Å². The first kappa shape index (κ1) is 27.7. The van der Waals surface area contributed by atoms with Crippen LogP contribution in [0.25, 0.3) is 12.2 Å². The second kappa shape index (κ2) is 11.9. The van der Waals surface area contributed by atoms with Gasteiger partial charge in [-0.15, -0.1) is 0 Å². The van der Waals surface area contributed by atoms with E-state index in [1.807, 2.05) is 0 Å². The van der Waals surface area contributed by atoms with E-state index in [1.165, 1.54) is 54.8 Å². The summed E-state index contributed by atoms with van der Waals surface area (Å²) in [5.41, 5.74) is 1.63. The van der Waals surface area contributed by atoms with Gasteiger partial charge in [0.15, 0.2) is 44.4 Å². The number of methoxy groups -OCH3 is 6. The van der Waals surface area contributed by atoms with Gasteiger partial charge >= 0.3 is 0 Å². The molecule has 0 aliphatic heterocycles. The summed E-state index contributed by atoms with van der Waals surface area (Å²) < 4.78 is 72.9. The largest absolute Gasteiger partial charge is 0.494 e. The maximum atomic E-state index is 14.3. The number of rotatable bonds is 11. The summed E-state index contributed by atoms with van der Waals surface area (Å²) in [5.74, 6) is 0.720. The Hall–Kier alpha value is -3.92. The number of benzene rings is 3. The fraction of sp³-hybridized carbons (Fsp3) is 0.259. The SMILES string of the molecule is COc1ccc(S(=O)(=O)Cc2c(/C=C\c3cc(OC)c(OC)c(OC)c3)ccc(OC)c2OC)cc1F. The summed E-state index contributed by atoms with van der Waals surface area (Å²) in [6.07, 6.45) is 3.51. The van der Waals surface area contributed by atoms with Crippen molar-refractivity contribution in [3.05, 3.63) is 65.0 Å². The Kier molecular flexibility index (Phi) is 8.88. The number of sulfone groups is 1. The van der Waals surface area contributed by atoms with Crippen LogP contribution in [0, 0.1) is 5.82 Å². The molecule has 0 fully saturated rings. The minimum absolute atomic E-state index is 0.0492. The maximum absolute atomic E-state index is 14.3. The fourth-order valence-corrected chi connectivity index (χ4v) is 5.21. The molecule has 0 spiro atoms. The van der Waals surface area contributed by atoms with E-state index in [1.54, 1.807) is 36.4 Å². The van der Waals surface area contributed by atoms with Crippen LogP contribution >= 0.6 is 0 Å². The van der Waals surface area contributed by atoms with Crippen LogP contribution in [-0.2, 0) is 15.6 Å². The summed E-state index contributed by atoms with van der Waals surface area (Å²) in [6, 6.07) is 10.4. The third-order valence-corrected chi connectivity index (χ3v) is 7.28. The van der Waals surface area contributed by atoms with Gasteiger partial charge in [0.05, 0.1) is 53.3 Å². The van der Waals surface area contributed by atoms with Crippen LogP contribution in [0.3, 0.4) is 0 Å². The Morgan fingerprint density at radius 1 is 0.676 bits per heavy atom. The lowest BCUT2D eigenvalue weighted by Gasteiger charge is -2.16. The van der Waals surface area contributed by atoms with E-state index < -0.39 is 21.4 Å². The van der Waals surface area contributed by atoms with Crippen molar-refractivity contribution in [3.63, 3.8) is 0 Å². The number of halogens is 1. The van der Waals surface area contributed by atoms with Crippen LogP contribution in [0.4, 0.5) is 4.39 Å². The molecule has 8 nitrogen and oxygen atoms in total. The van der Waals surface area contributed by atoms with E-state index in [-0.39, 0.29) is 16.4 Å². The number of ether oxygens (including phenoxy) is 6. The van der Waals surface area contributed by atoms with E-state index in [2.05, 4.69) is 0 Å². The van der Waals surface area contributed by atoms with Gasteiger partial charge in [-0.25, -0.2) is 12.8 Å². The molecule has 198 valence electrons. The average Bonchev–Trinajstić information content (AvgIpc) is 2.90. The standard InChI is InChI=1S/C27H29FO8S/c1-31-22-12-10-19(15-21(22)28)37(29,30)16-20-18(9-11-23(32-2)26(20)35-5)8-7-17-13-24(33-3)27(36-6)25(14-17)34-4/h7-15H,16H2,1-6H3/b8-7-. The first-order chi connectivity index (χ1) is 17.7. The van der Waals surface area contributed by atoms with Crippen molar-refractivity contribution in [2.24, 2.45) is 0 Å². The van der Waals surface area contributed by atoms with Gasteiger partial charge in [-0.1, -0.05) is 18.2 Å². The molecule has 0 aromatic heterocycles. The molecule has 37 heavy (non-hydrogen) atoms. The lowest BCUT2D eigenvalue weighted by molar-refractivity contribution is 0.324. The zero-order valence-corrected chi connectivity index (χ0v) is 22.3. The van der Waals surface area contributed by atoms with Crippen LogP contribution in [0.5, 0.6) is 34.5 Å². The molecule has 0 aliphatic carbocycles. The molecule has 0 radical (unpaired) electrons. The van der Waals surface area contributed by atoms with Gasteiger partial charge in [0.1, 0.15) is 0 Å². The molecule has 0 saturated carbocycles. The summed E-state index contributed by atoms with van der Waals surface area (Å²) >= 11 is 0. The van der Waals surface area contributed by atoms with Crippen molar-refractivity contribution in [3.8, 4) is 34.5 Å². The quantitative estimate of drug-likeness (QED) is 0.318. The van der Waals surface area contributed by atoms with Gasteiger partial charge in [-0.3, -0.25) is 0 Å². The molecule has 3 aromatic carbocycles. The lowest BCUT2D eigenvalue weighted by atomic mass is 10.0. The second-order valence-corrected chi connectivity index (χ2v) is 9.71. The zero-order valence-electron chi connectivity index (χ0n) is 21.5. The molecule has 0 N–H and O–H groups in total. The maximum Gasteiger partial charge on any atom is 0.203 e. The number of hydrogen-bond acceptors (Lipinski definition) is 8. The molecule has 0 amide bonds. The lowest BCUT2D eigenvalue weighted by Crippen LogP contribution is -2.09. The van der Waals surface area contributed by atoms with Crippen LogP contribution in [0.2, 0.25) is 0 Å². The zero-order chi connectivity index (χ0) is 27.2. The van der Waals surface area contributed by atoms with Crippen LogP contribution < -0.4 is 28.4 Å². The van der Waals surface area contributed by atoms with Gasteiger partial charge in [0.25, 0.3) is 0 Å². The Balaban J connectivity index is 2.10. The highest BCUT2D eigenvalue weighted by Gasteiger charge is 2.24. The van der Waals surface area contributed by atoms with Crippen molar-refractivity contribution in [2.45, 2.75) is 10.6 Å². The average molecular weight is 533 g/mol. The van der Waals surface area contributed by atoms with Crippen LogP contribution in [-0.4, -0.2) is 51.1 Å². The predicted octanol–water partition coefficient (Wildman–Crippen LogP) is 5.02.